The average Bonchev–Trinajstić information content (AvgIpc) is 2.46. The molecular formula is C17H21F2NO. The van der Waals surface area contributed by atoms with Crippen LogP contribution in [-0.4, -0.2) is 29.8 Å². The van der Waals surface area contributed by atoms with Gasteiger partial charge in [0.2, 0.25) is 0 Å². The second-order valence-electron chi connectivity index (χ2n) is 6.32. The van der Waals surface area contributed by atoms with Crippen molar-refractivity contribution in [1.29, 1.82) is 0 Å². The number of alkyl halides is 2. The Morgan fingerprint density at radius 2 is 1.81 bits per heavy atom. The lowest BCUT2D eigenvalue weighted by Crippen LogP contribution is -2.51. The summed E-state index contributed by atoms with van der Waals surface area (Å²) in [7, 11) is 2.13. The van der Waals surface area contributed by atoms with Gasteiger partial charge in [-0.1, -0.05) is 30.7 Å². The predicted molar refractivity (Wildman–Crippen MR) is 77.6 cm³/mol. The van der Waals surface area contributed by atoms with Crippen molar-refractivity contribution < 1.29 is 13.6 Å². The van der Waals surface area contributed by atoms with E-state index in [-0.39, 0.29) is 22.8 Å². The van der Waals surface area contributed by atoms with Crippen molar-refractivity contribution in [2.45, 2.75) is 50.6 Å². The van der Waals surface area contributed by atoms with Crippen molar-refractivity contribution in [1.82, 2.24) is 4.90 Å². The van der Waals surface area contributed by atoms with Gasteiger partial charge >= 0.3 is 0 Å². The van der Waals surface area contributed by atoms with Gasteiger partial charge in [-0.05, 0) is 32.7 Å². The Kier molecular flexibility index (Phi) is 4.07. The Morgan fingerprint density at radius 1 is 1.19 bits per heavy atom. The summed E-state index contributed by atoms with van der Waals surface area (Å²) >= 11 is 0. The number of carbonyl (C=O) groups is 1. The Labute approximate surface area is 124 Å². The van der Waals surface area contributed by atoms with Gasteiger partial charge in [-0.3, -0.25) is 4.79 Å². The highest BCUT2D eigenvalue weighted by atomic mass is 19.3. The van der Waals surface area contributed by atoms with E-state index in [1.807, 2.05) is 0 Å². The minimum absolute atomic E-state index is 0.0871. The van der Waals surface area contributed by atoms with Crippen LogP contribution in [0.25, 0.3) is 0 Å². The maximum Gasteiger partial charge on any atom is 0.264 e. The van der Waals surface area contributed by atoms with Crippen LogP contribution in [0.1, 0.15) is 54.5 Å². The second kappa shape index (κ2) is 5.84. The molecule has 0 aromatic heterocycles. The molecule has 2 bridgehead atoms. The number of ketones is 1. The fraction of sp³-hybridized carbons (Fsp3) is 0.588. The molecule has 114 valence electrons. The van der Waals surface area contributed by atoms with Crippen molar-refractivity contribution in [3.05, 3.63) is 35.4 Å². The quantitative estimate of drug-likeness (QED) is 0.783. The Bertz CT molecular complexity index is 517. The number of Topliss-reactive ketones (excluding diaryl/α,β-unsaturated/α-hetero) is 1. The maximum atomic E-state index is 13.1. The first-order valence-electron chi connectivity index (χ1n) is 7.71. The molecule has 0 amide bonds. The zero-order valence-electron chi connectivity index (χ0n) is 12.3. The molecule has 0 aliphatic carbocycles. The molecule has 2 fully saturated rings. The molecule has 2 atom stereocenters. The molecule has 1 aromatic carbocycles. The first-order valence-corrected chi connectivity index (χ1v) is 7.71. The van der Waals surface area contributed by atoms with Crippen molar-refractivity contribution in [3.63, 3.8) is 0 Å². The van der Waals surface area contributed by atoms with Gasteiger partial charge in [-0.25, -0.2) is 8.78 Å². The lowest BCUT2D eigenvalue weighted by atomic mass is 9.75. The standard InChI is InChI=1S/C17H21F2NO/c1-20-12-5-4-6-13(20)10-11(9-12)16(21)14-7-2-3-8-15(14)17(18)19/h2-3,7-8,11-13,17H,4-6,9-10H2,1H3. The molecule has 0 N–H and O–H groups in total. The molecule has 2 nitrogen and oxygen atoms in total. The van der Waals surface area contributed by atoms with Crippen molar-refractivity contribution in [2.75, 3.05) is 7.05 Å². The van der Waals surface area contributed by atoms with Gasteiger partial charge in [0.15, 0.2) is 5.78 Å². The van der Waals surface area contributed by atoms with E-state index in [0.29, 0.717) is 12.1 Å². The van der Waals surface area contributed by atoms with Gasteiger partial charge < -0.3 is 4.90 Å². The van der Waals surface area contributed by atoms with Crippen LogP contribution in [0.2, 0.25) is 0 Å². The lowest BCUT2D eigenvalue weighted by Gasteiger charge is -2.46. The van der Waals surface area contributed by atoms with Crippen LogP contribution in [0.15, 0.2) is 24.3 Å². The summed E-state index contributed by atoms with van der Waals surface area (Å²) in [5, 5.41) is 0. The number of halogens is 2. The molecular weight excluding hydrogens is 272 g/mol. The zero-order valence-corrected chi connectivity index (χ0v) is 12.3. The van der Waals surface area contributed by atoms with Crippen LogP contribution in [0, 0.1) is 5.92 Å². The van der Waals surface area contributed by atoms with Gasteiger partial charge in [0.1, 0.15) is 0 Å². The lowest BCUT2D eigenvalue weighted by molar-refractivity contribution is 0.0335. The maximum absolute atomic E-state index is 13.1. The van der Waals surface area contributed by atoms with Gasteiger partial charge in [0.05, 0.1) is 0 Å². The SMILES string of the molecule is CN1C2CCCC1CC(C(=O)c1ccccc1C(F)F)C2. The minimum Gasteiger partial charge on any atom is -0.300 e. The van der Waals surface area contributed by atoms with Crippen LogP contribution in [-0.2, 0) is 0 Å². The number of piperidine rings is 2. The second-order valence-corrected chi connectivity index (χ2v) is 6.32. The van der Waals surface area contributed by atoms with E-state index in [0.717, 1.165) is 25.7 Å². The fourth-order valence-electron chi connectivity index (χ4n) is 3.96. The predicted octanol–water partition coefficient (Wildman–Crippen LogP) is 4.07. The first-order chi connectivity index (χ1) is 10.1. The molecule has 0 radical (unpaired) electrons. The molecule has 4 heteroatoms. The first kappa shape index (κ1) is 14.6. The number of hydrogen-bond donors (Lipinski definition) is 0. The summed E-state index contributed by atoms with van der Waals surface area (Å²) in [6.45, 7) is 0. The third-order valence-electron chi connectivity index (χ3n) is 5.17. The normalized spacial score (nSPS) is 29.6. The third-order valence-corrected chi connectivity index (χ3v) is 5.17. The van der Waals surface area contributed by atoms with Gasteiger partial charge in [0.25, 0.3) is 6.43 Å². The highest BCUT2D eigenvalue weighted by Crippen LogP contribution is 2.38. The van der Waals surface area contributed by atoms with Crippen molar-refractivity contribution in [2.24, 2.45) is 5.92 Å². The summed E-state index contributed by atoms with van der Waals surface area (Å²) in [5.74, 6) is -0.188. The number of benzene rings is 1. The average molecular weight is 293 g/mol. The number of fused-ring (bicyclic) bond motifs is 2. The fourth-order valence-corrected chi connectivity index (χ4v) is 3.96. The summed E-state index contributed by atoms with van der Waals surface area (Å²) in [4.78, 5) is 15.1. The zero-order chi connectivity index (χ0) is 15.0. The monoisotopic (exact) mass is 293 g/mol. The van der Waals surface area contributed by atoms with Crippen LogP contribution >= 0.6 is 0 Å². The smallest absolute Gasteiger partial charge is 0.264 e. The molecule has 0 spiro atoms. The number of rotatable bonds is 3. The molecule has 21 heavy (non-hydrogen) atoms. The van der Waals surface area contributed by atoms with Crippen LogP contribution in [0.4, 0.5) is 8.78 Å². The number of hydrogen-bond acceptors (Lipinski definition) is 2. The van der Waals surface area contributed by atoms with E-state index in [2.05, 4.69) is 11.9 Å². The van der Waals surface area contributed by atoms with E-state index in [4.69, 9.17) is 0 Å². The van der Waals surface area contributed by atoms with Crippen LogP contribution in [0.3, 0.4) is 0 Å². The molecule has 2 saturated heterocycles. The largest absolute Gasteiger partial charge is 0.300 e. The third kappa shape index (κ3) is 2.73. The van der Waals surface area contributed by atoms with E-state index < -0.39 is 6.43 Å². The molecule has 2 aliphatic rings. The number of nitrogens with zero attached hydrogens (tertiary/aromatic N) is 1. The highest BCUT2D eigenvalue weighted by molar-refractivity contribution is 5.99. The van der Waals surface area contributed by atoms with Gasteiger partial charge in [-0.2, -0.15) is 0 Å². The summed E-state index contributed by atoms with van der Waals surface area (Å²) in [5.41, 5.74) is 0.103. The molecule has 2 heterocycles. The minimum atomic E-state index is -2.59. The van der Waals surface area contributed by atoms with E-state index in [1.54, 1.807) is 18.2 Å². The van der Waals surface area contributed by atoms with Crippen molar-refractivity contribution >= 4 is 5.78 Å². The van der Waals surface area contributed by atoms with E-state index >= 15 is 0 Å². The summed E-state index contributed by atoms with van der Waals surface area (Å²) in [6.07, 6.45) is 2.48. The molecule has 2 aliphatic heterocycles. The van der Waals surface area contributed by atoms with Gasteiger partial charge in [-0.15, -0.1) is 0 Å². The van der Waals surface area contributed by atoms with Crippen molar-refractivity contribution in [3.8, 4) is 0 Å². The Hall–Kier alpha value is -1.29. The molecule has 3 rings (SSSR count). The summed E-state index contributed by atoms with van der Waals surface area (Å²) < 4.78 is 26.2. The topological polar surface area (TPSA) is 20.3 Å². The Morgan fingerprint density at radius 3 is 2.43 bits per heavy atom. The Balaban J connectivity index is 1.83. The molecule has 0 saturated carbocycles. The van der Waals surface area contributed by atoms with Crippen LogP contribution in [0.5, 0.6) is 0 Å². The van der Waals surface area contributed by atoms with E-state index in [1.165, 1.54) is 12.5 Å². The van der Waals surface area contributed by atoms with E-state index in [9.17, 15) is 13.6 Å². The highest BCUT2D eigenvalue weighted by Gasteiger charge is 2.39. The summed E-state index contributed by atoms with van der Waals surface area (Å²) in [6, 6.07) is 7.04. The van der Waals surface area contributed by atoms with Gasteiger partial charge in [0, 0.05) is 29.1 Å². The molecule has 1 aromatic rings. The molecule has 2 unspecified atom stereocenters. The van der Waals surface area contributed by atoms with Crippen LogP contribution < -0.4 is 0 Å². The number of carbonyl (C=O) groups excluding carboxylic acids is 1.